The Labute approximate surface area is 147 Å². The van der Waals surface area contributed by atoms with Crippen LogP contribution in [0.2, 0.25) is 0 Å². The van der Waals surface area contributed by atoms with Crippen molar-refractivity contribution in [1.82, 2.24) is 5.32 Å². The second kappa shape index (κ2) is 9.27. The van der Waals surface area contributed by atoms with Crippen molar-refractivity contribution in [3.8, 4) is 5.75 Å². The summed E-state index contributed by atoms with van der Waals surface area (Å²) in [4.78, 5) is 23.9. The van der Waals surface area contributed by atoms with E-state index in [4.69, 9.17) is 4.74 Å². The Morgan fingerprint density at radius 1 is 1.08 bits per heavy atom. The first-order valence-electron chi connectivity index (χ1n) is 8.14. The van der Waals surface area contributed by atoms with E-state index < -0.39 is 0 Å². The highest BCUT2D eigenvalue weighted by Gasteiger charge is 2.05. The minimum atomic E-state index is -0.255. The van der Waals surface area contributed by atoms with Gasteiger partial charge in [0, 0.05) is 29.4 Å². The van der Waals surface area contributed by atoms with Gasteiger partial charge in [-0.05, 0) is 42.8 Å². The van der Waals surface area contributed by atoms with Crippen LogP contribution in [0.1, 0.15) is 29.3 Å². The SMILES string of the molecule is CCCNC(=O)c1ccc(NC(=O)/C=C/c2ccccc2OC)cc1. The molecule has 0 aromatic heterocycles. The van der Waals surface area contributed by atoms with Gasteiger partial charge >= 0.3 is 0 Å². The normalized spacial score (nSPS) is 10.5. The van der Waals surface area contributed by atoms with Crippen LogP contribution >= 0.6 is 0 Å². The highest BCUT2D eigenvalue weighted by molar-refractivity contribution is 6.02. The zero-order valence-electron chi connectivity index (χ0n) is 14.4. The molecule has 0 aliphatic rings. The second-order valence-electron chi connectivity index (χ2n) is 5.40. The fourth-order valence-electron chi connectivity index (χ4n) is 2.20. The van der Waals surface area contributed by atoms with Crippen LogP contribution in [0, 0.1) is 0 Å². The van der Waals surface area contributed by atoms with E-state index in [1.165, 1.54) is 6.08 Å². The average Bonchev–Trinajstić information content (AvgIpc) is 2.65. The van der Waals surface area contributed by atoms with Gasteiger partial charge in [-0.15, -0.1) is 0 Å². The Bertz CT molecular complexity index is 752. The lowest BCUT2D eigenvalue weighted by atomic mass is 10.1. The molecule has 25 heavy (non-hydrogen) atoms. The number of ether oxygens (including phenoxy) is 1. The van der Waals surface area contributed by atoms with E-state index in [1.54, 1.807) is 37.5 Å². The fraction of sp³-hybridized carbons (Fsp3) is 0.200. The molecule has 0 radical (unpaired) electrons. The van der Waals surface area contributed by atoms with Crippen LogP contribution in [0.5, 0.6) is 5.75 Å². The number of anilines is 1. The number of amides is 2. The van der Waals surface area contributed by atoms with Gasteiger partial charge in [-0.1, -0.05) is 25.1 Å². The predicted octanol–water partition coefficient (Wildman–Crippen LogP) is 3.49. The smallest absolute Gasteiger partial charge is 0.251 e. The summed E-state index contributed by atoms with van der Waals surface area (Å²) in [6.07, 6.45) is 4.03. The van der Waals surface area contributed by atoms with Gasteiger partial charge < -0.3 is 15.4 Å². The van der Waals surface area contributed by atoms with Gasteiger partial charge in [0.15, 0.2) is 0 Å². The third-order valence-electron chi connectivity index (χ3n) is 3.50. The summed E-state index contributed by atoms with van der Waals surface area (Å²) >= 11 is 0. The lowest BCUT2D eigenvalue weighted by Crippen LogP contribution is -2.23. The van der Waals surface area contributed by atoms with Crippen LogP contribution in [-0.2, 0) is 4.79 Å². The number of carbonyl (C=O) groups excluding carboxylic acids is 2. The topological polar surface area (TPSA) is 67.4 Å². The van der Waals surface area contributed by atoms with E-state index in [9.17, 15) is 9.59 Å². The van der Waals surface area contributed by atoms with Crippen LogP contribution in [0.3, 0.4) is 0 Å². The lowest BCUT2D eigenvalue weighted by molar-refractivity contribution is -0.111. The second-order valence-corrected chi connectivity index (χ2v) is 5.40. The molecule has 0 saturated carbocycles. The van der Waals surface area contributed by atoms with E-state index >= 15 is 0 Å². The van der Waals surface area contributed by atoms with Crippen molar-refractivity contribution in [2.24, 2.45) is 0 Å². The molecule has 5 heteroatoms. The zero-order valence-corrected chi connectivity index (χ0v) is 14.4. The highest BCUT2D eigenvalue weighted by Crippen LogP contribution is 2.18. The quantitative estimate of drug-likeness (QED) is 0.760. The molecule has 0 heterocycles. The summed E-state index contributed by atoms with van der Waals surface area (Å²) in [6.45, 7) is 2.64. The van der Waals surface area contributed by atoms with Crippen LogP contribution in [0.15, 0.2) is 54.6 Å². The monoisotopic (exact) mass is 338 g/mol. The molecule has 2 aromatic carbocycles. The third kappa shape index (κ3) is 5.49. The highest BCUT2D eigenvalue weighted by atomic mass is 16.5. The van der Waals surface area contributed by atoms with Crippen molar-refractivity contribution in [1.29, 1.82) is 0 Å². The molecular formula is C20H22N2O3. The molecule has 0 spiro atoms. The van der Waals surface area contributed by atoms with Crippen molar-refractivity contribution >= 4 is 23.6 Å². The molecule has 0 saturated heterocycles. The van der Waals surface area contributed by atoms with Gasteiger partial charge in [-0.25, -0.2) is 0 Å². The molecule has 0 aliphatic carbocycles. The van der Waals surface area contributed by atoms with E-state index in [0.29, 0.717) is 23.5 Å². The minimum Gasteiger partial charge on any atom is -0.496 e. The number of carbonyl (C=O) groups is 2. The van der Waals surface area contributed by atoms with Gasteiger partial charge in [-0.3, -0.25) is 9.59 Å². The maximum absolute atomic E-state index is 12.0. The lowest BCUT2D eigenvalue weighted by Gasteiger charge is -2.06. The molecule has 5 nitrogen and oxygen atoms in total. The average molecular weight is 338 g/mol. The van der Waals surface area contributed by atoms with Crippen molar-refractivity contribution < 1.29 is 14.3 Å². The summed E-state index contributed by atoms with van der Waals surface area (Å²) in [5.74, 6) is 0.332. The number of methoxy groups -OCH3 is 1. The van der Waals surface area contributed by atoms with Crippen molar-refractivity contribution in [3.05, 3.63) is 65.7 Å². The summed E-state index contributed by atoms with van der Waals surface area (Å²) in [5.41, 5.74) is 2.01. The largest absolute Gasteiger partial charge is 0.496 e. The Morgan fingerprint density at radius 3 is 2.48 bits per heavy atom. The molecule has 0 fully saturated rings. The van der Waals surface area contributed by atoms with Crippen LogP contribution in [-0.4, -0.2) is 25.5 Å². The van der Waals surface area contributed by atoms with Crippen LogP contribution in [0.25, 0.3) is 6.08 Å². The minimum absolute atomic E-state index is 0.115. The molecule has 0 atom stereocenters. The Morgan fingerprint density at radius 2 is 1.80 bits per heavy atom. The van der Waals surface area contributed by atoms with Crippen molar-refractivity contribution in [2.75, 3.05) is 19.0 Å². The maximum atomic E-state index is 12.0. The van der Waals surface area contributed by atoms with Gasteiger partial charge in [0.05, 0.1) is 7.11 Å². The molecule has 2 rings (SSSR count). The van der Waals surface area contributed by atoms with Gasteiger partial charge in [0.1, 0.15) is 5.75 Å². The summed E-state index contributed by atoms with van der Waals surface area (Å²) < 4.78 is 5.24. The van der Waals surface area contributed by atoms with E-state index in [-0.39, 0.29) is 11.8 Å². The number of hydrogen-bond donors (Lipinski definition) is 2. The number of rotatable bonds is 7. The summed E-state index contributed by atoms with van der Waals surface area (Å²) in [6, 6.07) is 14.2. The molecule has 2 amide bonds. The van der Waals surface area contributed by atoms with E-state index in [1.807, 2.05) is 31.2 Å². The standard InChI is InChI=1S/C20H22N2O3/c1-3-14-21-20(24)16-8-11-17(12-9-16)22-19(23)13-10-15-6-4-5-7-18(15)25-2/h4-13H,3,14H2,1-2H3,(H,21,24)(H,22,23)/b13-10+. The summed E-state index contributed by atoms with van der Waals surface area (Å²) in [7, 11) is 1.59. The van der Waals surface area contributed by atoms with Crippen LogP contribution < -0.4 is 15.4 Å². The van der Waals surface area contributed by atoms with Crippen molar-refractivity contribution in [2.45, 2.75) is 13.3 Å². The van der Waals surface area contributed by atoms with Gasteiger partial charge in [0.2, 0.25) is 5.91 Å². The molecule has 2 aromatic rings. The Kier molecular flexibility index (Phi) is 6.77. The molecule has 130 valence electrons. The first kappa shape index (κ1) is 18.3. The molecule has 2 N–H and O–H groups in total. The number of benzene rings is 2. The molecule has 0 unspecified atom stereocenters. The fourth-order valence-corrected chi connectivity index (χ4v) is 2.20. The molecule has 0 bridgehead atoms. The van der Waals surface area contributed by atoms with Gasteiger partial charge in [-0.2, -0.15) is 0 Å². The summed E-state index contributed by atoms with van der Waals surface area (Å²) in [5, 5.41) is 5.57. The third-order valence-corrected chi connectivity index (χ3v) is 3.50. The Balaban J connectivity index is 1.96. The van der Waals surface area contributed by atoms with Crippen LogP contribution in [0.4, 0.5) is 5.69 Å². The predicted molar refractivity (Wildman–Crippen MR) is 99.7 cm³/mol. The maximum Gasteiger partial charge on any atom is 0.251 e. The van der Waals surface area contributed by atoms with Gasteiger partial charge in [0.25, 0.3) is 5.91 Å². The van der Waals surface area contributed by atoms with E-state index in [0.717, 1.165) is 12.0 Å². The first-order valence-corrected chi connectivity index (χ1v) is 8.14. The van der Waals surface area contributed by atoms with E-state index in [2.05, 4.69) is 10.6 Å². The number of para-hydroxylation sites is 1. The van der Waals surface area contributed by atoms with Crippen molar-refractivity contribution in [3.63, 3.8) is 0 Å². The number of nitrogens with one attached hydrogen (secondary N) is 2. The first-order chi connectivity index (χ1) is 12.1. The molecule has 0 aliphatic heterocycles. The molecular weight excluding hydrogens is 316 g/mol. The zero-order chi connectivity index (χ0) is 18.1. The Hall–Kier alpha value is -3.08. The number of hydrogen-bond acceptors (Lipinski definition) is 3.